The molecule has 0 saturated carbocycles. The summed E-state index contributed by atoms with van der Waals surface area (Å²) in [6, 6.07) is 10.9. The number of hydrogen-bond acceptors (Lipinski definition) is 3. The standard InChI is InChI=1S/C17H19N3O2/c1-13-5-2-6-14(11-13)16(21)19-9-4-10-20-17(22)15-7-3-8-18-12-15/h2-3,5-8,11-12H,4,9-10H2,1H3,(H,19,21)(H,20,22). The molecular weight excluding hydrogens is 278 g/mol. The molecule has 0 fully saturated rings. The molecule has 2 rings (SSSR count). The lowest BCUT2D eigenvalue weighted by Crippen LogP contribution is -2.29. The maximum absolute atomic E-state index is 11.9. The molecule has 22 heavy (non-hydrogen) atoms. The number of nitrogens with zero attached hydrogens (tertiary/aromatic N) is 1. The number of aromatic nitrogens is 1. The molecule has 0 radical (unpaired) electrons. The average Bonchev–Trinajstić information content (AvgIpc) is 2.55. The Bertz CT molecular complexity index is 641. The number of hydrogen-bond donors (Lipinski definition) is 2. The van der Waals surface area contributed by atoms with Gasteiger partial charge in [0.1, 0.15) is 0 Å². The maximum atomic E-state index is 11.9. The minimum Gasteiger partial charge on any atom is -0.352 e. The first-order valence-corrected chi connectivity index (χ1v) is 7.20. The summed E-state index contributed by atoms with van der Waals surface area (Å²) in [5, 5.41) is 5.63. The third-order valence-corrected chi connectivity index (χ3v) is 3.13. The van der Waals surface area contributed by atoms with Crippen molar-refractivity contribution in [3.05, 3.63) is 65.5 Å². The van der Waals surface area contributed by atoms with Gasteiger partial charge in [0.2, 0.25) is 0 Å². The first-order valence-electron chi connectivity index (χ1n) is 7.20. The van der Waals surface area contributed by atoms with Crippen LogP contribution in [-0.2, 0) is 0 Å². The van der Waals surface area contributed by atoms with Crippen molar-refractivity contribution >= 4 is 11.8 Å². The molecule has 0 bridgehead atoms. The Labute approximate surface area is 129 Å². The Morgan fingerprint density at radius 2 is 1.68 bits per heavy atom. The van der Waals surface area contributed by atoms with Gasteiger partial charge < -0.3 is 10.6 Å². The highest BCUT2D eigenvalue weighted by Crippen LogP contribution is 2.03. The quantitative estimate of drug-likeness (QED) is 0.800. The lowest BCUT2D eigenvalue weighted by Gasteiger charge is -2.07. The molecule has 2 aromatic rings. The summed E-state index contributed by atoms with van der Waals surface area (Å²) >= 11 is 0. The van der Waals surface area contributed by atoms with Gasteiger partial charge in [-0.2, -0.15) is 0 Å². The van der Waals surface area contributed by atoms with E-state index in [1.165, 1.54) is 6.20 Å². The lowest BCUT2D eigenvalue weighted by molar-refractivity contribution is 0.0951. The summed E-state index contributed by atoms with van der Waals surface area (Å²) in [6.07, 6.45) is 3.82. The molecule has 1 aromatic carbocycles. The molecular formula is C17H19N3O2. The SMILES string of the molecule is Cc1cccc(C(=O)NCCCNC(=O)c2cccnc2)c1. The van der Waals surface area contributed by atoms with Gasteiger partial charge >= 0.3 is 0 Å². The first-order chi connectivity index (χ1) is 10.7. The number of pyridine rings is 1. The fourth-order valence-corrected chi connectivity index (χ4v) is 1.98. The number of aryl methyl sites for hydroxylation is 1. The van der Waals surface area contributed by atoms with E-state index in [1.807, 2.05) is 25.1 Å². The zero-order chi connectivity index (χ0) is 15.8. The third-order valence-electron chi connectivity index (χ3n) is 3.13. The number of rotatable bonds is 6. The average molecular weight is 297 g/mol. The molecule has 1 heterocycles. The van der Waals surface area contributed by atoms with E-state index in [9.17, 15) is 9.59 Å². The van der Waals surface area contributed by atoms with Crippen molar-refractivity contribution < 1.29 is 9.59 Å². The molecule has 5 heteroatoms. The number of carbonyl (C=O) groups is 2. The number of benzene rings is 1. The Morgan fingerprint density at radius 1 is 1.00 bits per heavy atom. The summed E-state index contributed by atoms with van der Waals surface area (Å²) in [5.74, 6) is -0.250. The molecule has 0 saturated heterocycles. The van der Waals surface area contributed by atoms with Gasteiger partial charge in [-0.15, -0.1) is 0 Å². The maximum Gasteiger partial charge on any atom is 0.252 e. The van der Waals surface area contributed by atoms with Crippen molar-refractivity contribution in [1.29, 1.82) is 0 Å². The van der Waals surface area contributed by atoms with E-state index in [0.29, 0.717) is 30.6 Å². The van der Waals surface area contributed by atoms with Gasteiger partial charge in [-0.3, -0.25) is 14.6 Å². The normalized spacial score (nSPS) is 10.0. The number of amides is 2. The Hall–Kier alpha value is -2.69. The van der Waals surface area contributed by atoms with Crippen molar-refractivity contribution in [1.82, 2.24) is 15.6 Å². The molecule has 114 valence electrons. The van der Waals surface area contributed by atoms with Crippen LogP contribution in [0.5, 0.6) is 0 Å². The van der Waals surface area contributed by atoms with E-state index in [1.54, 1.807) is 24.4 Å². The van der Waals surface area contributed by atoms with Crippen LogP contribution >= 0.6 is 0 Å². The van der Waals surface area contributed by atoms with Crippen molar-refractivity contribution in [3.63, 3.8) is 0 Å². The Morgan fingerprint density at radius 3 is 2.32 bits per heavy atom. The largest absolute Gasteiger partial charge is 0.352 e. The van der Waals surface area contributed by atoms with Crippen LogP contribution in [0.1, 0.15) is 32.7 Å². The number of carbonyl (C=O) groups excluding carboxylic acids is 2. The van der Waals surface area contributed by atoms with Gasteiger partial charge in [0.25, 0.3) is 11.8 Å². The molecule has 0 unspecified atom stereocenters. The summed E-state index contributed by atoms with van der Waals surface area (Å²) < 4.78 is 0. The second kappa shape index (κ2) is 7.93. The van der Waals surface area contributed by atoms with Gasteiger partial charge in [0.15, 0.2) is 0 Å². The summed E-state index contributed by atoms with van der Waals surface area (Å²) in [7, 11) is 0. The highest BCUT2D eigenvalue weighted by atomic mass is 16.2. The van der Waals surface area contributed by atoms with Gasteiger partial charge in [-0.1, -0.05) is 17.7 Å². The van der Waals surface area contributed by atoms with Crippen LogP contribution in [-0.4, -0.2) is 29.9 Å². The third kappa shape index (κ3) is 4.70. The van der Waals surface area contributed by atoms with Crippen molar-refractivity contribution in [2.45, 2.75) is 13.3 Å². The first kappa shape index (κ1) is 15.7. The highest BCUT2D eigenvalue weighted by Gasteiger charge is 2.06. The predicted octanol–water partition coefficient (Wildman–Crippen LogP) is 1.94. The molecule has 2 N–H and O–H groups in total. The van der Waals surface area contributed by atoms with Crippen LogP contribution in [0.3, 0.4) is 0 Å². The zero-order valence-electron chi connectivity index (χ0n) is 12.5. The lowest BCUT2D eigenvalue weighted by atomic mass is 10.1. The van der Waals surface area contributed by atoms with Crippen molar-refractivity contribution in [2.24, 2.45) is 0 Å². The van der Waals surface area contributed by atoms with E-state index < -0.39 is 0 Å². The predicted molar refractivity (Wildman–Crippen MR) is 84.7 cm³/mol. The van der Waals surface area contributed by atoms with Crippen molar-refractivity contribution in [2.75, 3.05) is 13.1 Å². The summed E-state index contributed by atoms with van der Waals surface area (Å²) in [4.78, 5) is 27.6. The zero-order valence-corrected chi connectivity index (χ0v) is 12.5. The monoisotopic (exact) mass is 297 g/mol. The topological polar surface area (TPSA) is 71.1 Å². The second-order valence-corrected chi connectivity index (χ2v) is 4.98. The number of nitrogens with one attached hydrogen (secondary N) is 2. The smallest absolute Gasteiger partial charge is 0.252 e. The fourth-order valence-electron chi connectivity index (χ4n) is 1.98. The molecule has 0 atom stereocenters. The second-order valence-electron chi connectivity index (χ2n) is 4.98. The van der Waals surface area contributed by atoms with E-state index in [-0.39, 0.29) is 11.8 Å². The molecule has 5 nitrogen and oxygen atoms in total. The molecule has 0 aliphatic heterocycles. The minimum atomic E-state index is -0.155. The van der Waals surface area contributed by atoms with Gasteiger partial charge in [0, 0.05) is 31.0 Å². The van der Waals surface area contributed by atoms with E-state index in [0.717, 1.165) is 5.56 Å². The molecule has 0 aliphatic carbocycles. The van der Waals surface area contributed by atoms with E-state index in [4.69, 9.17) is 0 Å². The Kier molecular flexibility index (Phi) is 5.65. The fraction of sp³-hybridized carbons (Fsp3) is 0.235. The summed E-state index contributed by atoms with van der Waals surface area (Å²) in [6.45, 7) is 2.96. The van der Waals surface area contributed by atoms with E-state index >= 15 is 0 Å². The van der Waals surface area contributed by atoms with Crippen molar-refractivity contribution in [3.8, 4) is 0 Å². The highest BCUT2D eigenvalue weighted by molar-refractivity contribution is 5.94. The van der Waals surface area contributed by atoms with Crippen LogP contribution in [0, 0.1) is 6.92 Å². The minimum absolute atomic E-state index is 0.0951. The van der Waals surface area contributed by atoms with Crippen LogP contribution < -0.4 is 10.6 Å². The van der Waals surface area contributed by atoms with Crippen LogP contribution in [0.25, 0.3) is 0 Å². The molecule has 0 spiro atoms. The summed E-state index contributed by atoms with van der Waals surface area (Å²) in [5.41, 5.74) is 2.24. The van der Waals surface area contributed by atoms with Crippen LogP contribution in [0.15, 0.2) is 48.8 Å². The Balaban J connectivity index is 1.67. The van der Waals surface area contributed by atoms with Gasteiger partial charge in [0.05, 0.1) is 5.56 Å². The van der Waals surface area contributed by atoms with Gasteiger partial charge in [-0.25, -0.2) is 0 Å². The van der Waals surface area contributed by atoms with Gasteiger partial charge in [-0.05, 0) is 37.6 Å². The molecule has 1 aromatic heterocycles. The molecule has 2 amide bonds. The van der Waals surface area contributed by atoms with Crippen LogP contribution in [0.4, 0.5) is 0 Å². The van der Waals surface area contributed by atoms with E-state index in [2.05, 4.69) is 15.6 Å². The van der Waals surface area contributed by atoms with Crippen LogP contribution in [0.2, 0.25) is 0 Å². The molecule has 0 aliphatic rings.